The Balaban J connectivity index is 2.14. The summed E-state index contributed by atoms with van der Waals surface area (Å²) in [5.74, 6) is 1.50. The van der Waals surface area contributed by atoms with E-state index in [0.717, 1.165) is 42.0 Å². The van der Waals surface area contributed by atoms with Crippen molar-refractivity contribution in [2.45, 2.75) is 26.7 Å². The van der Waals surface area contributed by atoms with Gasteiger partial charge in [0.2, 0.25) is 0 Å². The minimum atomic E-state index is 0.560. The minimum Gasteiger partial charge on any atom is -0.369 e. The lowest BCUT2D eigenvalue weighted by molar-refractivity contribution is 0.568. The van der Waals surface area contributed by atoms with Crippen LogP contribution in [-0.2, 0) is 6.42 Å². The molecular formula is C13H20N4S. The van der Waals surface area contributed by atoms with Gasteiger partial charge in [0.15, 0.2) is 0 Å². The molecule has 0 spiro atoms. The highest BCUT2D eigenvalue weighted by Gasteiger charge is 2.08. The van der Waals surface area contributed by atoms with Crippen LogP contribution in [0.25, 0.3) is 10.2 Å². The highest BCUT2D eigenvalue weighted by atomic mass is 32.1. The van der Waals surface area contributed by atoms with Crippen LogP contribution in [0.1, 0.15) is 25.1 Å². The fourth-order valence-corrected chi connectivity index (χ4v) is 2.81. The van der Waals surface area contributed by atoms with Gasteiger partial charge in [-0.05, 0) is 31.4 Å². The average molecular weight is 264 g/mol. The number of rotatable bonds is 6. The van der Waals surface area contributed by atoms with E-state index < -0.39 is 0 Å². The Morgan fingerprint density at radius 2 is 2.28 bits per heavy atom. The van der Waals surface area contributed by atoms with Crippen LogP contribution in [0, 0.1) is 5.92 Å². The van der Waals surface area contributed by atoms with E-state index in [9.17, 15) is 0 Å². The molecule has 5 heteroatoms. The standard InChI is InChI=1S/C13H20N4S/c1-3-10-6-11-12(15-7-9(2)4-5-14)16-8-17-13(11)18-10/h6,8-9H,3-5,7,14H2,1-2H3,(H,15,16,17). The van der Waals surface area contributed by atoms with Crippen molar-refractivity contribution >= 4 is 27.4 Å². The SMILES string of the molecule is CCc1cc2c(NCC(C)CCN)ncnc2s1. The second-order valence-corrected chi connectivity index (χ2v) is 5.69. The maximum absolute atomic E-state index is 5.56. The fraction of sp³-hybridized carbons (Fsp3) is 0.538. The van der Waals surface area contributed by atoms with Crippen LogP contribution in [0.4, 0.5) is 5.82 Å². The van der Waals surface area contributed by atoms with Gasteiger partial charge in [0.25, 0.3) is 0 Å². The lowest BCUT2D eigenvalue weighted by Gasteiger charge is -2.12. The summed E-state index contributed by atoms with van der Waals surface area (Å²) in [5, 5.41) is 4.55. The van der Waals surface area contributed by atoms with Crippen molar-refractivity contribution in [1.82, 2.24) is 9.97 Å². The molecule has 0 fully saturated rings. The average Bonchev–Trinajstić information content (AvgIpc) is 2.80. The van der Waals surface area contributed by atoms with Crippen molar-refractivity contribution < 1.29 is 0 Å². The molecule has 3 N–H and O–H groups in total. The lowest BCUT2D eigenvalue weighted by atomic mass is 10.1. The molecule has 0 saturated carbocycles. The highest BCUT2D eigenvalue weighted by Crippen LogP contribution is 2.28. The third kappa shape index (κ3) is 2.97. The molecule has 2 rings (SSSR count). The Bertz CT molecular complexity index is 509. The van der Waals surface area contributed by atoms with Crippen molar-refractivity contribution in [2.24, 2.45) is 11.7 Å². The van der Waals surface area contributed by atoms with Gasteiger partial charge >= 0.3 is 0 Å². The van der Waals surface area contributed by atoms with Gasteiger partial charge in [-0.15, -0.1) is 11.3 Å². The number of nitrogens with one attached hydrogen (secondary N) is 1. The lowest BCUT2D eigenvalue weighted by Crippen LogP contribution is -2.15. The smallest absolute Gasteiger partial charge is 0.138 e. The number of thiophene rings is 1. The third-order valence-electron chi connectivity index (χ3n) is 3.01. The second kappa shape index (κ2) is 6.11. The van der Waals surface area contributed by atoms with Gasteiger partial charge in [-0.25, -0.2) is 9.97 Å². The van der Waals surface area contributed by atoms with E-state index in [4.69, 9.17) is 5.73 Å². The predicted octanol–water partition coefficient (Wildman–Crippen LogP) is 2.65. The highest BCUT2D eigenvalue weighted by molar-refractivity contribution is 7.18. The van der Waals surface area contributed by atoms with E-state index >= 15 is 0 Å². The number of anilines is 1. The Morgan fingerprint density at radius 3 is 3.00 bits per heavy atom. The van der Waals surface area contributed by atoms with Crippen LogP contribution in [0.5, 0.6) is 0 Å². The van der Waals surface area contributed by atoms with Crippen LogP contribution in [0.15, 0.2) is 12.4 Å². The summed E-state index contributed by atoms with van der Waals surface area (Å²) in [6, 6.07) is 2.19. The van der Waals surface area contributed by atoms with Gasteiger partial charge < -0.3 is 11.1 Å². The molecule has 18 heavy (non-hydrogen) atoms. The summed E-state index contributed by atoms with van der Waals surface area (Å²) in [6.07, 6.45) is 3.71. The molecule has 1 atom stereocenters. The number of aryl methyl sites for hydroxylation is 1. The summed E-state index contributed by atoms with van der Waals surface area (Å²) >= 11 is 1.74. The summed E-state index contributed by atoms with van der Waals surface area (Å²) in [4.78, 5) is 11.1. The number of hydrogen-bond donors (Lipinski definition) is 2. The molecule has 0 bridgehead atoms. The number of nitrogens with two attached hydrogens (primary N) is 1. The summed E-state index contributed by atoms with van der Waals surface area (Å²) in [5.41, 5.74) is 5.56. The van der Waals surface area contributed by atoms with Crippen molar-refractivity contribution in [3.05, 3.63) is 17.3 Å². The third-order valence-corrected chi connectivity index (χ3v) is 4.19. The van der Waals surface area contributed by atoms with E-state index in [1.54, 1.807) is 17.7 Å². The first kappa shape index (κ1) is 13.2. The van der Waals surface area contributed by atoms with Crippen molar-refractivity contribution in [1.29, 1.82) is 0 Å². The first-order valence-electron chi connectivity index (χ1n) is 6.42. The molecule has 0 saturated heterocycles. The molecule has 2 aromatic rings. The molecule has 2 heterocycles. The van der Waals surface area contributed by atoms with Gasteiger partial charge in [-0.2, -0.15) is 0 Å². The predicted molar refractivity (Wildman–Crippen MR) is 78.1 cm³/mol. The Hall–Kier alpha value is -1.20. The normalized spacial score (nSPS) is 12.8. The molecule has 0 aliphatic rings. The molecule has 0 amide bonds. The Kier molecular flexibility index (Phi) is 4.49. The molecule has 4 nitrogen and oxygen atoms in total. The summed E-state index contributed by atoms with van der Waals surface area (Å²) in [7, 11) is 0. The topological polar surface area (TPSA) is 63.8 Å². The second-order valence-electron chi connectivity index (χ2n) is 4.57. The molecular weight excluding hydrogens is 244 g/mol. The molecule has 0 aromatic carbocycles. The van der Waals surface area contributed by atoms with Crippen LogP contribution in [-0.4, -0.2) is 23.1 Å². The molecule has 0 aliphatic carbocycles. The molecule has 1 unspecified atom stereocenters. The van der Waals surface area contributed by atoms with Crippen molar-refractivity contribution in [3.8, 4) is 0 Å². The summed E-state index contributed by atoms with van der Waals surface area (Å²) in [6.45, 7) is 6.00. The number of fused-ring (bicyclic) bond motifs is 1. The van der Waals surface area contributed by atoms with Gasteiger partial charge in [-0.3, -0.25) is 0 Å². The van der Waals surface area contributed by atoms with Crippen LogP contribution >= 0.6 is 11.3 Å². The van der Waals surface area contributed by atoms with Gasteiger partial charge in [0.05, 0.1) is 5.39 Å². The number of aromatic nitrogens is 2. The van der Waals surface area contributed by atoms with E-state index in [1.165, 1.54) is 4.88 Å². The monoisotopic (exact) mass is 264 g/mol. The quantitative estimate of drug-likeness (QED) is 0.842. The Labute approximate surface area is 112 Å². The van der Waals surface area contributed by atoms with Crippen molar-refractivity contribution in [2.75, 3.05) is 18.4 Å². The molecule has 98 valence electrons. The minimum absolute atomic E-state index is 0.560. The zero-order valence-corrected chi connectivity index (χ0v) is 11.8. The van der Waals surface area contributed by atoms with Crippen molar-refractivity contribution in [3.63, 3.8) is 0 Å². The van der Waals surface area contributed by atoms with Gasteiger partial charge in [0.1, 0.15) is 17.0 Å². The van der Waals surface area contributed by atoms with E-state index in [0.29, 0.717) is 5.92 Å². The van der Waals surface area contributed by atoms with Gasteiger partial charge in [-0.1, -0.05) is 13.8 Å². The first-order chi connectivity index (χ1) is 8.74. The van der Waals surface area contributed by atoms with Crippen LogP contribution < -0.4 is 11.1 Å². The first-order valence-corrected chi connectivity index (χ1v) is 7.23. The maximum atomic E-state index is 5.56. The van der Waals surface area contributed by atoms with E-state index in [2.05, 4.69) is 35.2 Å². The molecule has 2 aromatic heterocycles. The number of nitrogens with zero attached hydrogens (tertiary/aromatic N) is 2. The van der Waals surface area contributed by atoms with Crippen LogP contribution in [0.2, 0.25) is 0 Å². The fourth-order valence-electron chi connectivity index (χ4n) is 1.88. The van der Waals surface area contributed by atoms with Crippen LogP contribution in [0.3, 0.4) is 0 Å². The van der Waals surface area contributed by atoms with E-state index in [1.807, 2.05) is 0 Å². The maximum Gasteiger partial charge on any atom is 0.138 e. The summed E-state index contributed by atoms with van der Waals surface area (Å²) < 4.78 is 0. The number of hydrogen-bond acceptors (Lipinski definition) is 5. The largest absolute Gasteiger partial charge is 0.369 e. The molecule has 0 radical (unpaired) electrons. The van der Waals surface area contributed by atoms with Gasteiger partial charge in [0, 0.05) is 11.4 Å². The zero-order chi connectivity index (χ0) is 13.0. The van der Waals surface area contributed by atoms with E-state index in [-0.39, 0.29) is 0 Å². The zero-order valence-electron chi connectivity index (χ0n) is 10.9. The Morgan fingerprint density at radius 1 is 1.44 bits per heavy atom. The molecule has 0 aliphatic heterocycles.